The molecule has 0 amide bonds. The molecule has 0 spiro atoms. The number of hydrogen-bond donors (Lipinski definition) is 0. The molecule has 1 heterocycles. The molecular formula is C10H16N+. The first kappa shape index (κ1) is 7.20. The molecule has 1 aliphatic heterocycles. The van der Waals surface area contributed by atoms with Crippen LogP contribution in [0, 0.1) is 5.92 Å². The van der Waals surface area contributed by atoms with Gasteiger partial charge in [-0.15, -0.1) is 0 Å². The van der Waals surface area contributed by atoms with Gasteiger partial charge in [0.05, 0.1) is 12.8 Å². The summed E-state index contributed by atoms with van der Waals surface area (Å²) in [4.78, 5) is 4.59. The van der Waals surface area contributed by atoms with Crippen LogP contribution in [-0.4, -0.2) is 12.3 Å². The number of nitrogens with zero attached hydrogens (tertiary/aromatic N) is 1. The predicted molar refractivity (Wildman–Crippen MR) is 47.9 cm³/mol. The van der Waals surface area contributed by atoms with Crippen LogP contribution in [0.3, 0.4) is 0 Å². The molecule has 1 fully saturated rings. The fraction of sp³-hybridized carbons (Fsp3) is 0.800. The van der Waals surface area contributed by atoms with Gasteiger partial charge >= 0.3 is 0 Å². The van der Waals surface area contributed by atoms with E-state index in [4.69, 9.17) is 0 Å². The quantitative estimate of drug-likeness (QED) is 0.471. The largest absolute Gasteiger partial charge is 0.249 e. The summed E-state index contributed by atoms with van der Waals surface area (Å²) in [5.41, 5.74) is 1.48. The molecule has 0 aromatic carbocycles. The van der Waals surface area contributed by atoms with Gasteiger partial charge < -0.3 is 0 Å². The maximum Gasteiger partial charge on any atom is 0.195 e. The summed E-state index contributed by atoms with van der Waals surface area (Å²) < 4.78 is 0. The van der Waals surface area contributed by atoms with E-state index in [2.05, 4.69) is 4.99 Å². The van der Waals surface area contributed by atoms with Crippen LogP contribution in [0.4, 0.5) is 0 Å². The summed E-state index contributed by atoms with van der Waals surface area (Å²) in [6, 6.07) is 0. The first-order valence-electron chi connectivity index (χ1n) is 4.85. The van der Waals surface area contributed by atoms with E-state index in [1.807, 2.05) is 0 Å². The van der Waals surface area contributed by atoms with Gasteiger partial charge in [-0.1, -0.05) is 0 Å². The van der Waals surface area contributed by atoms with Crippen molar-refractivity contribution in [1.82, 2.24) is 0 Å². The molecular weight excluding hydrogens is 134 g/mol. The lowest BCUT2D eigenvalue weighted by Crippen LogP contribution is -2.15. The highest BCUT2D eigenvalue weighted by molar-refractivity contribution is 5.97. The van der Waals surface area contributed by atoms with E-state index in [0.717, 1.165) is 6.54 Å². The fourth-order valence-electron chi connectivity index (χ4n) is 2.10. The van der Waals surface area contributed by atoms with Gasteiger partial charge in [0.15, 0.2) is 5.71 Å². The Labute approximate surface area is 68.9 Å². The van der Waals surface area contributed by atoms with Gasteiger partial charge in [-0.05, 0) is 19.3 Å². The van der Waals surface area contributed by atoms with Gasteiger partial charge in [0.2, 0.25) is 0 Å². The Balaban J connectivity index is 2.07. The van der Waals surface area contributed by atoms with Crippen molar-refractivity contribution in [1.29, 1.82) is 0 Å². The van der Waals surface area contributed by atoms with Crippen LogP contribution in [0.15, 0.2) is 4.99 Å². The smallest absolute Gasteiger partial charge is 0.195 e. The molecule has 1 aliphatic carbocycles. The summed E-state index contributed by atoms with van der Waals surface area (Å²) in [5, 5.41) is 0. The maximum atomic E-state index is 4.59. The number of rotatable bonds is 0. The van der Waals surface area contributed by atoms with Crippen LogP contribution >= 0.6 is 0 Å². The number of hydrogen-bond acceptors (Lipinski definition) is 1. The van der Waals surface area contributed by atoms with E-state index >= 15 is 0 Å². The van der Waals surface area contributed by atoms with Crippen LogP contribution in [0.25, 0.3) is 0 Å². The Morgan fingerprint density at radius 1 is 1.00 bits per heavy atom. The highest BCUT2D eigenvalue weighted by atomic mass is 14.8. The molecule has 0 saturated heterocycles. The van der Waals surface area contributed by atoms with Crippen LogP contribution in [0.5, 0.6) is 0 Å². The van der Waals surface area contributed by atoms with Gasteiger partial charge in [-0.25, -0.2) is 4.99 Å². The second-order valence-electron chi connectivity index (χ2n) is 3.60. The second kappa shape index (κ2) is 3.29. The average molecular weight is 150 g/mol. The lowest BCUT2D eigenvalue weighted by molar-refractivity contribution is 0.670. The lowest BCUT2D eigenvalue weighted by Gasteiger charge is -2.09. The molecule has 60 valence electrons. The van der Waals surface area contributed by atoms with Gasteiger partial charge in [0.25, 0.3) is 0 Å². The molecule has 0 aromatic rings. The van der Waals surface area contributed by atoms with Crippen molar-refractivity contribution in [3.8, 4) is 0 Å². The van der Waals surface area contributed by atoms with E-state index in [1.54, 1.807) is 5.92 Å². The zero-order valence-corrected chi connectivity index (χ0v) is 7.10. The summed E-state index contributed by atoms with van der Waals surface area (Å²) in [6.07, 6.45) is 9.48. The van der Waals surface area contributed by atoms with Crippen LogP contribution in [0.2, 0.25) is 0 Å². The van der Waals surface area contributed by atoms with Crippen molar-refractivity contribution in [3.63, 3.8) is 0 Å². The molecule has 2 rings (SSSR count). The highest BCUT2D eigenvalue weighted by Gasteiger charge is 2.31. The average Bonchev–Trinajstić information content (AvgIpc) is 2.28. The van der Waals surface area contributed by atoms with E-state index in [-0.39, 0.29) is 0 Å². The molecule has 11 heavy (non-hydrogen) atoms. The SMILES string of the molecule is C1CCC2=NCCC[C+]2CC1. The number of aliphatic imine (C=N–C) groups is 1. The van der Waals surface area contributed by atoms with Crippen LogP contribution in [-0.2, 0) is 0 Å². The van der Waals surface area contributed by atoms with Crippen molar-refractivity contribution in [2.24, 2.45) is 4.99 Å². The minimum atomic E-state index is 1.10. The maximum absolute atomic E-state index is 4.59. The standard InChI is InChI=1S/C10H16N/c1-2-5-9-6-4-8-11-10(9)7-3-1/h1-8H2/q+1. The summed E-state index contributed by atoms with van der Waals surface area (Å²) in [6.45, 7) is 1.10. The third-order valence-electron chi connectivity index (χ3n) is 2.74. The Hall–Kier alpha value is -0.460. The van der Waals surface area contributed by atoms with E-state index < -0.39 is 0 Å². The minimum absolute atomic E-state index is 1.10. The topological polar surface area (TPSA) is 12.4 Å². The van der Waals surface area contributed by atoms with Crippen LogP contribution in [0.1, 0.15) is 44.9 Å². The van der Waals surface area contributed by atoms with E-state index in [9.17, 15) is 0 Å². The van der Waals surface area contributed by atoms with Gasteiger partial charge in [-0.2, -0.15) is 0 Å². The minimum Gasteiger partial charge on any atom is -0.249 e. The Bertz CT molecular complexity index is 160. The van der Waals surface area contributed by atoms with E-state index in [1.165, 1.54) is 50.7 Å². The van der Waals surface area contributed by atoms with Crippen LogP contribution < -0.4 is 0 Å². The monoisotopic (exact) mass is 150 g/mol. The van der Waals surface area contributed by atoms with Gasteiger partial charge in [0.1, 0.15) is 5.92 Å². The molecule has 0 bridgehead atoms. The first-order valence-corrected chi connectivity index (χ1v) is 4.85. The third kappa shape index (κ3) is 1.58. The zero-order chi connectivity index (χ0) is 7.52. The van der Waals surface area contributed by atoms with Gasteiger partial charge in [0, 0.05) is 19.4 Å². The Morgan fingerprint density at radius 3 is 2.91 bits per heavy atom. The molecule has 0 aromatic heterocycles. The molecule has 1 heteroatoms. The molecule has 2 aliphatic rings. The second-order valence-corrected chi connectivity index (χ2v) is 3.60. The van der Waals surface area contributed by atoms with Crippen molar-refractivity contribution in [3.05, 3.63) is 5.92 Å². The highest BCUT2D eigenvalue weighted by Crippen LogP contribution is 2.29. The molecule has 0 atom stereocenters. The Morgan fingerprint density at radius 2 is 1.91 bits per heavy atom. The fourth-order valence-corrected chi connectivity index (χ4v) is 2.10. The summed E-state index contributed by atoms with van der Waals surface area (Å²) in [7, 11) is 0. The normalized spacial score (nSPS) is 25.5. The van der Waals surface area contributed by atoms with Crippen molar-refractivity contribution < 1.29 is 0 Å². The summed E-state index contributed by atoms with van der Waals surface area (Å²) in [5.74, 6) is 1.69. The Kier molecular flexibility index (Phi) is 2.16. The van der Waals surface area contributed by atoms with Gasteiger partial charge in [-0.3, -0.25) is 0 Å². The predicted octanol–water partition coefficient (Wildman–Crippen LogP) is 2.76. The van der Waals surface area contributed by atoms with Crippen molar-refractivity contribution in [2.45, 2.75) is 44.9 Å². The van der Waals surface area contributed by atoms with Crippen molar-refractivity contribution >= 4 is 5.71 Å². The molecule has 1 saturated carbocycles. The summed E-state index contributed by atoms with van der Waals surface area (Å²) >= 11 is 0. The number of fused-ring (bicyclic) bond motifs is 1. The zero-order valence-electron chi connectivity index (χ0n) is 7.10. The molecule has 0 radical (unpaired) electrons. The van der Waals surface area contributed by atoms with E-state index in [0.29, 0.717) is 0 Å². The lowest BCUT2D eigenvalue weighted by atomic mass is 9.91. The third-order valence-corrected chi connectivity index (χ3v) is 2.74. The molecule has 0 unspecified atom stereocenters. The first-order chi connectivity index (χ1) is 5.47. The van der Waals surface area contributed by atoms with Crippen molar-refractivity contribution in [2.75, 3.05) is 6.54 Å². The molecule has 0 N–H and O–H groups in total. The molecule has 1 nitrogen and oxygen atoms in total.